The van der Waals surface area contributed by atoms with Gasteiger partial charge in [-0.3, -0.25) is 4.79 Å². The van der Waals surface area contributed by atoms with Crippen molar-refractivity contribution in [2.45, 2.75) is 26.3 Å². The van der Waals surface area contributed by atoms with Gasteiger partial charge in [-0.15, -0.1) is 0 Å². The van der Waals surface area contributed by atoms with Gasteiger partial charge in [0.1, 0.15) is 0 Å². The quantitative estimate of drug-likeness (QED) is 0.699. The van der Waals surface area contributed by atoms with Crippen LogP contribution < -0.4 is 5.32 Å². The van der Waals surface area contributed by atoms with E-state index in [1.54, 1.807) is 7.11 Å². The van der Waals surface area contributed by atoms with Crippen molar-refractivity contribution in [2.24, 2.45) is 5.92 Å². The zero-order valence-corrected chi connectivity index (χ0v) is 9.95. The van der Waals surface area contributed by atoms with Crippen molar-refractivity contribution in [2.75, 3.05) is 33.4 Å². The molecule has 1 rings (SSSR count). The number of nitrogens with one attached hydrogen (secondary N) is 1. The van der Waals surface area contributed by atoms with Crippen molar-refractivity contribution in [1.82, 2.24) is 10.2 Å². The van der Waals surface area contributed by atoms with Crippen LogP contribution >= 0.6 is 0 Å². The zero-order valence-electron chi connectivity index (χ0n) is 9.95. The number of hydrogen-bond acceptors (Lipinski definition) is 3. The Bertz CT molecular complexity index is 205. The first-order chi connectivity index (χ1) is 7.19. The standard InChI is InChI=1S/C11H22N2O2/c1-4-13(10-6-12-7-10)11(14)5-9(2)8-15-3/h9-10,12H,4-8H2,1-3H3. The van der Waals surface area contributed by atoms with Crippen molar-refractivity contribution in [3.05, 3.63) is 0 Å². The molecule has 1 unspecified atom stereocenters. The molecule has 0 saturated carbocycles. The van der Waals surface area contributed by atoms with Crippen LogP contribution in [0.25, 0.3) is 0 Å². The molecule has 0 aromatic heterocycles. The van der Waals surface area contributed by atoms with E-state index in [-0.39, 0.29) is 5.91 Å². The van der Waals surface area contributed by atoms with Crippen LogP contribution in [-0.2, 0) is 9.53 Å². The van der Waals surface area contributed by atoms with Crippen LogP contribution in [0.5, 0.6) is 0 Å². The molecule has 4 heteroatoms. The Morgan fingerprint density at radius 3 is 2.67 bits per heavy atom. The fourth-order valence-electron chi connectivity index (χ4n) is 1.89. The van der Waals surface area contributed by atoms with E-state index in [1.165, 1.54) is 0 Å². The molecule has 1 saturated heterocycles. The predicted octanol–water partition coefficient (Wildman–Crippen LogP) is 0.479. The van der Waals surface area contributed by atoms with E-state index in [9.17, 15) is 4.79 Å². The summed E-state index contributed by atoms with van der Waals surface area (Å²) in [5.41, 5.74) is 0. The van der Waals surface area contributed by atoms with Crippen LogP contribution in [0.15, 0.2) is 0 Å². The summed E-state index contributed by atoms with van der Waals surface area (Å²) in [7, 11) is 1.68. The highest BCUT2D eigenvalue weighted by Gasteiger charge is 2.27. The summed E-state index contributed by atoms with van der Waals surface area (Å²) in [6.45, 7) is 7.44. The Morgan fingerprint density at radius 1 is 1.60 bits per heavy atom. The largest absolute Gasteiger partial charge is 0.384 e. The number of ether oxygens (including phenoxy) is 1. The maximum absolute atomic E-state index is 11.9. The zero-order chi connectivity index (χ0) is 11.3. The molecule has 1 aliphatic heterocycles. The summed E-state index contributed by atoms with van der Waals surface area (Å²) < 4.78 is 5.04. The number of carbonyl (C=O) groups excluding carboxylic acids is 1. The third-order valence-corrected chi connectivity index (χ3v) is 2.84. The van der Waals surface area contributed by atoms with Crippen LogP contribution in [0.2, 0.25) is 0 Å². The molecule has 1 fully saturated rings. The molecule has 1 N–H and O–H groups in total. The molecule has 88 valence electrons. The van der Waals surface area contributed by atoms with Crippen LogP contribution in [0.1, 0.15) is 20.3 Å². The minimum Gasteiger partial charge on any atom is -0.384 e. The van der Waals surface area contributed by atoms with Gasteiger partial charge in [-0.05, 0) is 12.8 Å². The number of likely N-dealkylation sites (N-methyl/N-ethyl adjacent to an activating group) is 1. The van der Waals surface area contributed by atoms with Gasteiger partial charge in [-0.2, -0.15) is 0 Å². The molecule has 0 aromatic carbocycles. The Morgan fingerprint density at radius 2 is 2.27 bits per heavy atom. The summed E-state index contributed by atoms with van der Waals surface area (Å²) in [6, 6.07) is 0.414. The number of nitrogens with zero attached hydrogens (tertiary/aromatic N) is 1. The van der Waals surface area contributed by atoms with Crippen molar-refractivity contribution < 1.29 is 9.53 Å². The van der Waals surface area contributed by atoms with Crippen molar-refractivity contribution in [3.8, 4) is 0 Å². The van der Waals surface area contributed by atoms with E-state index < -0.39 is 0 Å². The minimum atomic E-state index is 0.258. The molecular formula is C11H22N2O2. The van der Waals surface area contributed by atoms with Crippen molar-refractivity contribution in [3.63, 3.8) is 0 Å². The number of methoxy groups -OCH3 is 1. The first-order valence-corrected chi connectivity index (χ1v) is 5.68. The third kappa shape index (κ3) is 3.47. The van der Waals surface area contributed by atoms with Gasteiger partial charge in [-0.1, -0.05) is 6.92 Å². The normalized spacial score (nSPS) is 18.3. The third-order valence-electron chi connectivity index (χ3n) is 2.84. The molecule has 1 heterocycles. The molecule has 0 aliphatic carbocycles. The lowest BCUT2D eigenvalue weighted by atomic mass is 10.1. The SMILES string of the molecule is CCN(C(=O)CC(C)COC)C1CNC1. The average Bonchev–Trinajstić information content (AvgIpc) is 2.10. The second-order valence-electron chi connectivity index (χ2n) is 4.26. The molecule has 1 atom stereocenters. The minimum absolute atomic E-state index is 0.258. The topological polar surface area (TPSA) is 41.6 Å². The Labute approximate surface area is 92.0 Å². The predicted molar refractivity (Wildman–Crippen MR) is 59.7 cm³/mol. The van der Waals surface area contributed by atoms with Gasteiger partial charge in [0.15, 0.2) is 0 Å². The van der Waals surface area contributed by atoms with Gasteiger partial charge in [0, 0.05) is 39.8 Å². The van der Waals surface area contributed by atoms with E-state index in [0.717, 1.165) is 19.6 Å². The lowest BCUT2D eigenvalue weighted by Gasteiger charge is -2.38. The highest BCUT2D eigenvalue weighted by atomic mass is 16.5. The van der Waals surface area contributed by atoms with E-state index >= 15 is 0 Å². The summed E-state index contributed by atoms with van der Waals surface area (Å²) in [5, 5.41) is 3.19. The summed E-state index contributed by atoms with van der Waals surface area (Å²) >= 11 is 0. The number of rotatable bonds is 6. The van der Waals surface area contributed by atoms with Gasteiger partial charge >= 0.3 is 0 Å². The first-order valence-electron chi connectivity index (χ1n) is 5.68. The molecule has 0 aromatic rings. The maximum atomic E-state index is 11.9. The molecule has 4 nitrogen and oxygen atoms in total. The summed E-state index contributed by atoms with van der Waals surface area (Å²) in [5.74, 6) is 0.568. The molecule has 0 bridgehead atoms. The molecule has 0 radical (unpaired) electrons. The fourth-order valence-corrected chi connectivity index (χ4v) is 1.89. The number of amides is 1. The Balaban J connectivity index is 2.35. The van der Waals surface area contributed by atoms with Crippen LogP contribution in [-0.4, -0.2) is 50.2 Å². The van der Waals surface area contributed by atoms with E-state index in [2.05, 4.69) is 5.32 Å². The van der Waals surface area contributed by atoms with Gasteiger partial charge in [0.05, 0.1) is 6.04 Å². The Hall–Kier alpha value is -0.610. The molecule has 1 amide bonds. The van der Waals surface area contributed by atoms with Crippen molar-refractivity contribution >= 4 is 5.91 Å². The fraction of sp³-hybridized carbons (Fsp3) is 0.909. The number of carbonyl (C=O) groups is 1. The Kier molecular flexibility index (Phi) is 5.05. The maximum Gasteiger partial charge on any atom is 0.223 e. The lowest BCUT2D eigenvalue weighted by Crippen LogP contribution is -2.58. The highest BCUT2D eigenvalue weighted by Crippen LogP contribution is 2.11. The van der Waals surface area contributed by atoms with Crippen molar-refractivity contribution in [1.29, 1.82) is 0 Å². The van der Waals surface area contributed by atoms with Gasteiger partial charge in [0.25, 0.3) is 0 Å². The smallest absolute Gasteiger partial charge is 0.223 e. The van der Waals surface area contributed by atoms with Gasteiger partial charge in [0.2, 0.25) is 5.91 Å². The first kappa shape index (κ1) is 12.5. The van der Waals surface area contributed by atoms with E-state index in [0.29, 0.717) is 25.0 Å². The molecular weight excluding hydrogens is 192 g/mol. The van der Waals surface area contributed by atoms with E-state index in [4.69, 9.17) is 4.74 Å². The highest BCUT2D eigenvalue weighted by molar-refractivity contribution is 5.77. The number of hydrogen-bond donors (Lipinski definition) is 1. The molecule has 1 aliphatic rings. The lowest BCUT2D eigenvalue weighted by molar-refractivity contribution is -0.135. The van der Waals surface area contributed by atoms with Crippen LogP contribution in [0, 0.1) is 5.92 Å². The summed E-state index contributed by atoms with van der Waals surface area (Å²) in [4.78, 5) is 13.9. The van der Waals surface area contributed by atoms with E-state index in [1.807, 2.05) is 18.7 Å². The molecule has 0 spiro atoms. The monoisotopic (exact) mass is 214 g/mol. The van der Waals surface area contributed by atoms with Gasteiger partial charge in [-0.25, -0.2) is 0 Å². The average molecular weight is 214 g/mol. The second-order valence-corrected chi connectivity index (χ2v) is 4.26. The second kappa shape index (κ2) is 6.08. The van der Waals surface area contributed by atoms with Gasteiger partial charge < -0.3 is 15.0 Å². The van der Waals surface area contributed by atoms with Crippen LogP contribution in [0.3, 0.4) is 0 Å². The summed E-state index contributed by atoms with van der Waals surface area (Å²) in [6.07, 6.45) is 0.595. The molecule has 15 heavy (non-hydrogen) atoms. The van der Waals surface area contributed by atoms with Crippen LogP contribution in [0.4, 0.5) is 0 Å².